The van der Waals surface area contributed by atoms with Crippen LogP contribution in [0.4, 0.5) is 5.69 Å². The molecule has 0 atom stereocenters. The van der Waals surface area contributed by atoms with Gasteiger partial charge in [0.25, 0.3) is 5.91 Å². The Morgan fingerprint density at radius 1 is 0.897 bits per heavy atom. The van der Waals surface area contributed by atoms with E-state index in [1.807, 2.05) is 30.3 Å². The number of anilines is 1. The fourth-order valence-electron chi connectivity index (χ4n) is 2.59. The molecule has 0 radical (unpaired) electrons. The Labute approximate surface area is 174 Å². The third-order valence-corrected chi connectivity index (χ3v) is 4.33. The molecule has 0 spiro atoms. The van der Waals surface area contributed by atoms with Crippen molar-refractivity contribution in [1.82, 2.24) is 5.32 Å². The monoisotopic (exact) mass is 404 g/mol. The normalized spacial score (nSPS) is 10.1. The second kappa shape index (κ2) is 9.61. The molecule has 6 heteroatoms. The lowest BCUT2D eigenvalue weighted by Gasteiger charge is -2.11. The number of hydrogen-bond donors (Lipinski definition) is 2. The van der Waals surface area contributed by atoms with E-state index in [2.05, 4.69) is 10.6 Å². The van der Waals surface area contributed by atoms with Crippen molar-refractivity contribution in [3.8, 4) is 5.75 Å². The van der Waals surface area contributed by atoms with Crippen molar-refractivity contribution in [1.29, 1.82) is 0 Å². The van der Waals surface area contributed by atoms with E-state index in [0.717, 1.165) is 5.56 Å². The molecule has 0 fully saturated rings. The van der Waals surface area contributed by atoms with Crippen LogP contribution in [0.2, 0.25) is 0 Å². The molecule has 146 valence electrons. The predicted octanol–water partition coefficient (Wildman–Crippen LogP) is 4.60. The minimum absolute atomic E-state index is 0.0122. The van der Waals surface area contributed by atoms with Crippen LogP contribution in [0.1, 0.15) is 33.2 Å². The van der Waals surface area contributed by atoms with Gasteiger partial charge in [-0.3, -0.25) is 14.9 Å². The van der Waals surface area contributed by atoms with Gasteiger partial charge in [0.2, 0.25) is 0 Å². The highest BCUT2D eigenvalue weighted by atomic mass is 32.1. The van der Waals surface area contributed by atoms with Gasteiger partial charge >= 0.3 is 0 Å². The summed E-state index contributed by atoms with van der Waals surface area (Å²) < 4.78 is 5.76. The molecule has 2 N–H and O–H groups in total. The van der Waals surface area contributed by atoms with Crippen molar-refractivity contribution in [2.45, 2.75) is 13.5 Å². The van der Waals surface area contributed by atoms with Crippen LogP contribution >= 0.6 is 12.2 Å². The predicted molar refractivity (Wildman–Crippen MR) is 117 cm³/mol. The molecule has 5 nitrogen and oxygen atoms in total. The summed E-state index contributed by atoms with van der Waals surface area (Å²) in [5.74, 6) is 0.245. The van der Waals surface area contributed by atoms with Crippen LogP contribution in [-0.4, -0.2) is 16.8 Å². The van der Waals surface area contributed by atoms with E-state index in [4.69, 9.17) is 17.0 Å². The van der Waals surface area contributed by atoms with Crippen LogP contribution in [0, 0.1) is 0 Å². The number of ether oxygens (including phenoxy) is 1. The van der Waals surface area contributed by atoms with Gasteiger partial charge in [-0.05, 0) is 67.2 Å². The summed E-state index contributed by atoms with van der Waals surface area (Å²) in [4.78, 5) is 23.8. The number of hydrogen-bond acceptors (Lipinski definition) is 4. The zero-order chi connectivity index (χ0) is 20.6. The number of carbonyl (C=O) groups is 2. The Kier molecular flexibility index (Phi) is 6.71. The van der Waals surface area contributed by atoms with Crippen LogP contribution in [0.5, 0.6) is 5.75 Å². The van der Waals surface area contributed by atoms with Crippen molar-refractivity contribution >= 4 is 34.7 Å². The van der Waals surface area contributed by atoms with Crippen LogP contribution in [-0.2, 0) is 6.61 Å². The fraction of sp³-hybridized carbons (Fsp3) is 0.0870. The molecule has 0 saturated heterocycles. The SMILES string of the molecule is CC(=O)c1ccc(NC(=S)NC(=O)c2cccc(OCc3ccccc3)c2)cc1. The summed E-state index contributed by atoms with van der Waals surface area (Å²) in [6, 6.07) is 23.6. The molecule has 3 rings (SSSR count). The van der Waals surface area contributed by atoms with Gasteiger partial charge in [0.15, 0.2) is 10.9 Å². The lowest BCUT2D eigenvalue weighted by Crippen LogP contribution is -2.34. The number of rotatable bonds is 6. The van der Waals surface area contributed by atoms with Crippen LogP contribution in [0.15, 0.2) is 78.9 Å². The molecule has 0 heterocycles. The summed E-state index contributed by atoms with van der Waals surface area (Å²) in [5, 5.41) is 5.74. The molecule has 0 aliphatic carbocycles. The average Bonchev–Trinajstić information content (AvgIpc) is 2.73. The number of ketones is 1. The molecule has 0 aliphatic heterocycles. The van der Waals surface area contributed by atoms with Crippen molar-refractivity contribution < 1.29 is 14.3 Å². The highest BCUT2D eigenvalue weighted by molar-refractivity contribution is 7.80. The molecule has 3 aromatic rings. The zero-order valence-corrected chi connectivity index (χ0v) is 16.7. The summed E-state index contributed by atoms with van der Waals surface area (Å²) in [6.45, 7) is 1.92. The van der Waals surface area contributed by atoms with Gasteiger partial charge < -0.3 is 10.1 Å². The van der Waals surface area contributed by atoms with Crippen LogP contribution in [0.25, 0.3) is 0 Å². The summed E-state index contributed by atoms with van der Waals surface area (Å²) >= 11 is 5.20. The number of amides is 1. The molecule has 3 aromatic carbocycles. The number of carbonyl (C=O) groups excluding carboxylic acids is 2. The van der Waals surface area contributed by atoms with Crippen molar-refractivity contribution in [3.05, 3.63) is 95.6 Å². The second-order valence-electron chi connectivity index (χ2n) is 6.34. The Bertz CT molecular complexity index is 1020. The highest BCUT2D eigenvalue weighted by Gasteiger charge is 2.10. The van der Waals surface area contributed by atoms with E-state index in [9.17, 15) is 9.59 Å². The van der Waals surface area contributed by atoms with Gasteiger partial charge in [0.05, 0.1) is 0 Å². The molecule has 0 unspecified atom stereocenters. The van der Waals surface area contributed by atoms with Gasteiger partial charge in [0, 0.05) is 16.8 Å². The molecular weight excluding hydrogens is 384 g/mol. The summed E-state index contributed by atoms with van der Waals surface area (Å²) in [7, 11) is 0. The van der Waals surface area contributed by atoms with Crippen LogP contribution in [0.3, 0.4) is 0 Å². The maximum Gasteiger partial charge on any atom is 0.257 e. The molecule has 1 amide bonds. The smallest absolute Gasteiger partial charge is 0.257 e. The topological polar surface area (TPSA) is 67.4 Å². The lowest BCUT2D eigenvalue weighted by atomic mass is 10.1. The van der Waals surface area contributed by atoms with Crippen LogP contribution < -0.4 is 15.4 Å². The zero-order valence-electron chi connectivity index (χ0n) is 15.8. The first-order valence-corrected chi connectivity index (χ1v) is 9.42. The van der Waals surface area contributed by atoms with Gasteiger partial charge in [-0.1, -0.05) is 36.4 Å². The Morgan fingerprint density at radius 3 is 2.31 bits per heavy atom. The molecule has 0 bridgehead atoms. The first-order valence-electron chi connectivity index (χ1n) is 9.01. The van der Waals surface area contributed by atoms with E-state index >= 15 is 0 Å². The fourth-order valence-corrected chi connectivity index (χ4v) is 2.80. The third-order valence-electron chi connectivity index (χ3n) is 4.12. The minimum Gasteiger partial charge on any atom is -0.489 e. The Morgan fingerprint density at radius 2 is 1.62 bits per heavy atom. The summed E-state index contributed by atoms with van der Waals surface area (Å²) in [5.41, 5.74) is 2.77. The van der Waals surface area contributed by atoms with Gasteiger partial charge in [-0.15, -0.1) is 0 Å². The summed E-state index contributed by atoms with van der Waals surface area (Å²) in [6.07, 6.45) is 0. The largest absolute Gasteiger partial charge is 0.489 e. The van der Waals surface area contributed by atoms with E-state index in [0.29, 0.717) is 29.2 Å². The Balaban J connectivity index is 1.57. The van der Waals surface area contributed by atoms with Crippen molar-refractivity contribution in [2.75, 3.05) is 5.32 Å². The Hall–Kier alpha value is -3.51. The maximum absolute atomic E-state index is 12.5. The number of Topliss-reactive ketones (excluding diaryl/α,β-unsaturated/α-hetero) is 1. The first kappa shape index (κ1) is 20.2. The maximum atomic E-state index is 12.5. The average molecular weight is 404 g/mol. The third kappa shape index (κ3) is 5.99. The van der Waals surface area contributed by atoms with E-state index in [1.165, 1.54) is 6.92 Å². The minimum atomic E-state index is -0.340. The first-order chi connectivity index (χ1) is 14.0. The van der Waals surface area contributed by atoms with E-state index in [-0.39, 0.29) is 16.8 Å². The van der Waals surface area contributed by atoms with Crippen molar-refractivity contribution in [2.24, 2.45) is 0 Å². The number of benzene rings is 3. The highest BCUT2D eigenvalue weighted by Crippen LogP contribution is 2.15. The molecule has 0 aliphatic rings. The van der Waals surface area contributed by atoms with Crippen molar-refractivity contribution in [3.63, 3.8) is 0 Å². The lowest BCUT2D eigenvalue weighted by molar-refractivity contribution is 0.0975. The number of thiocarbonyl (C=S) groups is 1. The van der Waals surface area contributed by atoms with E-state index in [1.54, 1.807) is 48.5 Å². The quantitative estimate of drug-likeness (QED) is 0.464. The molecule has 29 heavy (non-hydrogen) atoms. The van der Waals surface area contributed by atoms with Gasteiger partial charge in [-0.25, -0.2) is 0 Å². The number of nitrogens with one attached hydrogen (secondary N) is 2. The molecular formula is C23H20N2O3S. The van der Waals surface area contributed by atoms with Gasteiger partial charge in [-0.2, -0.15) is 0 Å². The van der Waals surface area contributed by atoms with E-state index < -0.39 is 0 Å². The van der Waals surface area contributed by atoms with Gasteiger partial charge in [0.1, 0.15) is 12.4 Å². The standard InChI is InChI=1S/C23H20N2O3S/c1-16(26)18-10-12-20(13-11-18)24-23(29)25-22(27)19-8-5-9-21(14-19)28-15-17-6-3-2-4-7-17/h2-14H,15H2,1H3,(H2,24,25,27,29). The molecule has 0 saturated carbocycles. The second-order valence-corrected chi connectivity index (χ2v) is 6.75. The molecule has 0 aromatic heterocycles.